The van der Waals surface area contributed by atoms with Crippen LogP contribution >= 0.6 is 0 Å². The van der Waals surface area contributed by atoms with Gasteiger partial charge in [-0.1, -0.05) is 52.0 Å². The molecule has 3 rings (SSSR count). The molecule has 0 aromatic heterocycles. The number of ether oxygens (including phenoxy) is 1. The summed E-state index contributed by atoms with van der Waals surface area (Å²) in [5, 5.41) is 8.86. The van der Waals surface area contributed by atoms with E-state index in [1.807, 2.05) is 19.1 Å². The zero-order valence-electron chi connectivity index (χ0n) is 18.2. The highest BCUT2D eigenvalue weighted by atomic mass is 16.5. The van der Waals surface area contributed by atoms with Crippen molar-refractivity contribution in [1.29, 1.82) is 0 Å². The van der Waals surface area contributed by atoms with Crippen molar-refractivity contribution in [2.75, 3.05) is 6.61 Å². The number of aliphatic carboxylic acids is 1. The first-order valence-electron chi connectivity index (χ1n) is 10.2. The molecule has 0 heterocycles. The Balaban J connectivity index is 2.10. The molecule has 5 heteroatoms. The Morgan fingerprint density at radius 3 is 1.90 bits per heavy atom. The highest BCUT2D eigenvalue weighted by molar-refractivity contribution is 6.39. The van der Waals surface area contributed by atoms with Gasteiger partial charge >= 0.3 is 5.97 Å². The Morgan fingerprint density at radius 2 is 1.40 bits per heavy atom. The van der Waals surface area contributed by atoms with E-state index in [1.54, 1.807) is 0 Å². The van der Waals surface area contributed by atoms with Crippen molar-refractivity contribution >= 4 is 17.5 Å². The van der Waals surface area contributed by atoms with E-state index in [9.17, 15) is 14.4 Å². The second-order valence-electron chi connectivity index (χ2n) is 9.14. The predicted octanol–water partition coefficient (Wildman–Crippen LogP) is 4.93. The SMILES string of the molecule is CCOc1cc2c(cc1C(=O)c1ccc(C(=O)C(=O)O)cc1)C(C)(C)CCC2(C)C. The molecule has 0 aliphatic heterocycles. The van der Waals surface area contributed by atoms with Crippen molar-refractivity contribution in [3.8, 4) is 5.75 Å². The summed E-state index contributed by atoms with van der Waals surface area (Å²) in [6, 6.07) is 9.69. The minimum Gasteiger partial charge on any atom is -0.493 e. The molecule has 0 radical (unpaired) electrons. The minimum absolute atomic E-state index is 0.00285. The lowest BCUT2D eigenvalue weighted by Gasteiger charge is -2.42. The van der Waals surface area contributed by atoms with Crippen LogP contribution in [-0.2, 0) is 15.6 Å². The van der Waals surface area contributed by atoms with E-state index < -0.39 is 11.8 Å². The normalized spacial score (nSPS) is 16.4. The van der Waals surface area contributed by atoms with E-state index in [0.29, 0.717) is 23.5 Å². The van der Waals surface area contributed by atoms with E-state index in [0.717, 1.165) is 18.4 Å². The maximum atomic E-state index is 13.3. The summed E-state index contributed by atoms with van der Waals surface area (Å²) < 4.78 is 5.85. The quantitative estimate of drug-likeness (QED) is 0.541. The monoisotopic (exact) mass is 408 g/mol. The first-order valence-corrected chi connectivity index (χ1v) is 10.2. The summed E-state index contributed by atoms with van der Waals surface area (Å²) in [4.78, 5) is 35.8. The number of ketones is 2. The van der Waals surface area contributed by atoms with Gasteiger partial charge in [-0.2, -0.15) is 0 Å². The van der Waals surface area contributed by atoms with E-state index in [-0.39, 0.29) is 22.2 Å². The molecule has 0 saturated carbocycles. The first kappa shape index (κ1) is 21.8. The average Bonchev–Trinajstić information content (AvgIpc) is 2.70. The van der Waals surface area contributed by atoms with Crippen LogP contribution in [0.25, 0.3) is 0 Å². The van der Waals surface area contributed by atoms with Gasteiger partial charge in [-0.25, -0.2) is 4.79 Å². The number of hydrogen-bond donors (Lipinski definition) is 1. The second kappa shape index (κ2) is 7.71. The van der Waals surface area contributed by atoms with Crippen LogP contribution < -0.4 is 4.74 Å². The Hall–Kier alpha value is -2.95. The van der Waals surface area contributed by atoms with Crippen molar-refractivity contribution < 1.29 is 24.2 Å². The van der Waals surface area contributed by atoms with Crippen LogP contribution in [0.15, 0.2) is 36.4 Å². The van der Waals surface area contributed by atoms with Gasteiger partial charge in [0.25, 0.3) is 5.78 Å². The molecular weight excluding hydrogens is 380 g/mol. The van der Waals surface area contributed by atoms with Gasteiger partial charge in [-0.3, -0.25) is 9.59 Å². The number of carboxylic acids is 1. The molecule has 0 unspecified atom stereocenters. The topological polar surface area (TPSA) is 80.7 Å². The van der Waals surface area contributed by atoms with Crippen LogP contribution in [0, 0.1) is 0 Å². The van der Waals surface area contributed by atoms with Crippen molar-refractivity contribution in [3.05, 3.63) is 64.2 Å². The molecule has 5 nitrogen and oxygen atoms in total. The van der Waals surface area contributed by atoms with Gasteiger partial charge in [0.1, 0.15) is 5.75 Å². The molecule has 0 saturated heterocycles. The molecular formula is C25H28O5. The molecule has 30 heavy (non-hydrogen) atoms. The fourth-order valence-corrected chi connectivity index (χ4v) is 4.10. The van der Waals surface area contributed by atoms with Gasteiger partial charge in [0.15, 0.2) is 5.78 Å². The molecule has 0 spiro atoms. The number of fused-ring (bicyclic) bond motifs is 1. The van der Waals surface area contributed by atoms with Crippen LogP contribution in [-0.4, -0.2) is 29.2 Å². The lowest BCUT2D eigenvalue weighted by molar-refractivity contribution is -0.131. The zero-order valence-corrected chi connectivity index (χ0v) is 18.2. The molecule has 0 amide bonds. The molecule has 1 N–H and O–H groups in total. The molecule has 2 aromatic carbocycles. The molecule has 1 aliphatic carbocycles. The van der Waals surface area contributed by atoms with E-state index >= 15 is 0 Å². The number of rotatable bonds is 6. The largest absolute Gasteiger partial charge is 0.493 e. The van der Waals surface area contributed by atoms with E-state index in [4.69, 9.17) is 9.84 Å². The van der Waals surface area contributed by atoms with E-state index in [1.165, 1.54) is 29.8 Å². The third-order valence-corrected chi connectivity index (χ3v) is 6.10. The number of benzene rings is 2. The molecule has 1 aliphatic rings. The summed E-state index contributed by atoms with van der Waals surface area (Å²) in [6.45, 7) is 11.2. The van der Waals surface area contributed by atoms with Crippen LogP contribution in [0.2, 0.25) is 0 Å². The Bertz CT molecular complexity index is 1010. The van der Waals surface area contributed by atoms with Gasteiger partial charge < -0.3 is 9.84 Å². The Kier molecular flexibility index (Phi) is 5.59. The molecule has 0 fully saturated rings. The summed E-state index contributed by atoms with van der Waals surface area (Å²) >= 11 is 0. The molecule has 0 bridgehead atoms. The highest BCUT2D eigenvalue weighted by Crippen LogP contribution is 2.47. The van der Waals surface area contributed by atoms with Crippen molar-refractivity contribution in [3.63, 3.8) is 0 Å². The van der Waals surface area contributed by atoms with Gasteiger partial charge in [0.05, 0.1) is 12.2 Å². The van der Waals surface area contributed by atoms with Gasteiger partial charge in [-0.05, 0) is 53.9 Å². The van der Waals surface area contributed by atoms with Gasteiger partial charge in [0, 0.05) is 11.1 Å². The van der Waals surface area contributed by atoms with Crippen LogP contribution in [0.3, 0.4) is 0 Å². The lowest BCUT2D eigenvalue weighted by atomic mass is 9.62. The van der Waals surface area contributed by atoms with Crippen molar-refractivity contribution in [1.82, 2.24) is 0 Å². The lowest BCUT2D eigenvalue weighted by Crippen LogP contribution is -2.34. The second-order valence-corrected chi connectivity index (χ2v) is 9.14. The Morgan fingerprint density at radius 1 is 0.900 bits per heavy atom. The van der Waals surface area contributed by atoms with Crippen LogP contribution in [0.4, 0.5) is 0 Å². The average molecular weight is 408 g/mol. The highest BCUT2D eigenvalue weighted by Gasteiger charge is 2.38. The van der Waals surface area contributed by atoms with E-state index in [2.05, 4.69) is 27.7 Å². The number of carboxylic acid groups (broad SMARTS) is 1. The smallest absolute Gasteiger partial charge is 0.377 e. The maximum absolute atomic E-state index is 13.3. The standard InChI is InChI=1S/C25H28O5/c1-6-30-20-14-19-18(24(2,3)11-12-25(19,4)5)13-17(20)21(26)15-7-9-16(10-8-15)22(27)23(28)29/h7-10,13-14H,6,11-12H2,1-5H3,(H,28,29). The Labute approximate surface area is 177 Å². The number of carbonyl (C=O) groups is 3. The summed E-state index contributed by atoms with van der Waals surface area (Å²) in [5.41, 5.74) is 3.21. The molecule has 0 atom stereocenters. The molecule has 2 aromatic rings. The zero-order chi connectivity index (χ0) is 22.3. The summed E-state index contributed by atoms with van der Waals surface area (Å²) in [6.07, 6.45) is 2.09. The van der Waals surface area contributed by atoms with Gasteiger partial charge in [-0.15, -0.1) is 0 Å². The molecule has 158 valence electrons. The third kappa shape index (κ3) is 3.89. The van der Waals surface area contributed by atoms with Crippen LogP contribution in [0.5, 0.6) is 5.75 Å². The van der Waals surface area contributed by atoms with Crippen molar-refractivity contribution in [2.45, 2.75) is 58.3 Å². The predicted molar refractivity (Wildman–Crippen MR) is 115 cm³/mol. The van der Waals surface area contributed by atoms with Crippen molar-refractivity contribution in [2.24, 2.45) is 0 Å². The van der Waals surface area contributed by atoms with Crippen LogP contribution in [0.1, 0.15) is 84.9 Å². The summed E-state index contributed by atoms with van der Waals surface area (Å²) in [7, 11) is 0. The number of Topliss-reactive ketones (excluding diaryl/α,β-unsaturated/α-hetero) is 1. The van der Waals surface area contributed by atoms with Gasteiger partial charge in [0.2, 0.25) is 0 Å². The number of carbonyl (C=O) groups excluding carboxylic acids is 2. The minimum atomic E-state index is -1.52. The fraction of sp³-hybridized carbons (Fsp3) is 0.400. The fourth-order valence-electron chi connectivity index (χ4n) is 4.10. The first-order chi connectivity index (χ1) is 14.0. The third-order valence-electron chi connectivity index (χ3n) is 6.10. The maximum Gasteiger partial charge on any atom is 0.377 e. The number of hydrogen-bond acceptors (Lipinski definition) is 4. The summed E-state index contributed by atoms with van der Waals surface area (Å²) in [5.74, 6) is -2.18.